The maximum atomic E-state index is 14.1. The van der Waals surface area contributed by atoms with E-state index in [-0.39, 0.29) is 145 Å². The van der Waals surface area contributed by atoms with E-state index in [1.807, 2.05) is 0 Å². The Balaban J connectivity index is 1.07. The topological polar surface area (TPSA) is 522 Å². The first-order valence-corrected chi connectivity index (χ1v) is 37.2. The summed E-state index contributed by atoms with van der Waals surface area (Å²) in [6, 6.07) is 21.1. The molecule has 526 valence electrons. The van der Waals surface area contributed by atoms with Crippen LogP contribution >= 0.6 is 0 Å². The standard InChI is InChI=1S/C58H58N10O25S6/c1-7-33-21-45(55(93-15-9-17-95(73,74)75)27-43(33)64-68-49-31-51(89-4)47(29-53(49)91-6)66-62-37-13-11-35-20-39(97(79,80)81)25-57(41(35)23-37)99(85,86)87)60-58(69)59-44-18-32(2)42(26-54(44)92-14-8-16-94(70,71)72)63-67-48-30-50(88-3)46(28-52(48)90-5)65-61-36-12-10-34-19-38(96(76,77)78)24-56(40(34)22-36)98(82,83)84/h10-13,18-31H,7-9,14-17H2,1-6H3,(H2,59,60,69)(H,70,71,72)(H,73,74,75)(H,76,77,78)(H,79,80,81)(H,82,83,84)(H,85,86,87). The van der Waals surface area contributed by atoms with Crippen molar-refractivity contribution >= 4 is 145 Å². The number of nitrogens with one attached hydrogen (secondary N) is 2. The second kappa shape index (κ2) is 30.5. The summed E-state index contributed by atoms with van der Waals surface area (Å²) < 4.78 is 235. The average molecular weight is 1490 g/mol. The average Bonchev–Trinajstić information content (AvgIpc) is 0.786. The molecule has 0 radical (unpaired) electrons. The lowest BCUT2D eigenvalue weighted by molar-refractivity contribution is 0.261. The third-order valence-corrected chi connectivity index (χ3v) is 19.0. The Labute approximate surface area is 565 Å². The van der Waals surface area contributed by atoms with E-state index in [4.69, 9.17) is 28.4 Å². The summed E-state index contributed by atoms with van der Waals surface area (Å²) in [6.45, 7) is 2.72. The van der Waals surface area contributed by atoms with Crippen molar-refractivity contribution in [3.63, 3.8) is 0 Å². The number of fused-ring (bicyclic) bond motifs is 2. The minimum atomic E-state index is -5.02. The van der Waals surface area contributed by atoms with E-state index in [1.54, 1.807) is 13.8 Å². The van der Waals surface area contributed by atoms with Gasteiger partial charge >= 0.3 is 6.03 Å². The Morgan fingerprint density at radius 1 is 0.404 bits per heavy atom. The third-order valence-electron chi connectivity index (χ3n) is 13.9. The maximum absolute atomic E-state index is 14.1. The highest BCUT2D eigenvalue weighted by Gasteiger charge is 2.25. The Bertz CT molecular complexity index is 5370. The Kier molecular flexibility index (Phi) is 23.1. The zero-order valence-corrected chi connectivity index (χ0v) is 57.2. The number of carbonyl (C=O) groups is 1. The van der Waals surface area contributed by atoms with Gasteiger partial charge < -0.3 is 39.1 Å². The van der Waals surface area contributed by atoms with Gasteiger partial charge in [0.25, 0.3) is 60.7 Å². The maximum Gasteiger partial charge on any atom is 0.323 e. The van der Waals surface area contributed by atoms with E-state index in [2.05, 4.69) is 51.5 Å². The highest BCUT2D eigenvalue weighted by Crippen LogP contribution is 2.45. The first kappa shape index (κ1) is 75.0. The lowest BCUT2D eigenvalue weighted by Gasteiger charge is -2.18. The second-order valence-electron chi connectivity index (χ2n) is 20.8. The Hall–Kier alpha value is -9.79. The summed E-state index contributed by atoms with van der Waals surface area (Å²) in [5, 5.41) is 39.4. The molecule has 0 unspecified atom stereocenters. The molecule has 0 saturated heterocycles. The molecule has 0 aliphatic carbocycles. The first-order valence-electron chi connectivity index (χ1n) is 28.2. The largest absolute Gasteiger partial charge is 0.494 e. The smallest absolute Gasteiger partial charge is 0.323 e. The number of anilines is 2. The van der Waals surface area contributed by atoms with Crippen molar-refractivity contribution in [1.82, 2.24) is 0 Å². The normalized spacial score (nSPS) is 12.7. The van der Waals surface area contributed by atoms with Gasteiger partial charge in [-0.2, -0.15) is 65.8 Å². The number of amides is 2. The van der Waals surface area contributed by atoms with Crippen LogP contribution in [-0.2, 0) is 67.1 Å². The zero-order chi connectivity index (χ0) is 72.6. The molecule has 99 heavy (non-hydrogen) atoms. The predicted molar refractivity (Wildman–Crippen MR) is 356 cm³/mol. The van der Waals surface area contributed by atoms with Gasteiger partial charge in [-0.25, -0.2) is 4.79 Å². The van der Waals surface area contributed by atoms with Gasteiger partial charge in [0.2, 0.25) is 0 Å². The minimum Gasteiger partial charge on any atom is -0.494 e. The van der Waals surface area contributed by atoms with Crippen molar-refractivity contribution in [2.24, 2.45) is 40.9 Å². The third kappa shape index (κ3) is 19.7. The molecule has 0 spiro atoms. The highest BCUT2D eigenvalue weighted by atomic mass is 32.2. The molecule has 8 N–H and O–H groups in total. The lowest BCUT2D eigenvalue weighted by atomic mass is 10.1. The van der Waals surface area contributed by atoms with Crippen LogP contribution in [0.2, 0.25) is 0 Å². The number of rotatable bonds is 29. The first-order chi connectivity index (χ1) is 46.4. The van der Waals surface area contributed by atoms with Crippen LogP contribution < -0.4 is 39.1 Å². The molecule has 0 aromatic heterocycles. The van der Waals surface area contributed by atoms with E-state index in [9.17, 15) is 82.6 Å². The quantitative estimate of drug-likeness (QED) is 0.0123. The summed E-state index contributed by atoms with van der Waals surface area (Å²) in [7, 11) is -23.4. The van der Waals surface area contributed by atoms with E-state index in [1.165, 1.54) is 113 Å². The number of urea groups is 1. The number of methoxy groups -OCH3 is 4. The number of aryl methyl sites for hydroxylation is 2. The monoisotopic (exact) mass is 1490 g/mol. The van der Waals surface area contributed by atoms with Crippen LogP contribution in [0, 0.1) is 6.92 Å². The van der Waals surface area contributed by atoms with Gasteiger partial charge in [-0.15, -0.1) is 25.6 Å². The SMILES string of the molecule is CCc1cc(NC(=O)Nc2cc(C)c(N=Nc3cc(OC)c(N=Nc4ccc5cc(S(=O)(=O)O)cc(S(=O)(=O)O)c5c4)cc3OC)cc2OCCCS(=O)(=O)O)c(OCCCS(=O)(=O)O)cc1N=Nc1cc(OC)c(N=Nc2ccc3cc(S(=O)(=O)O)cc(S(=O)(=O)O)c3c2)cc1OC. The molecule has 35 nitrogen and oxygen atoms in total. The number of nitrogens with zero attached hydrogens (tertiary/aromatic N) is 8. The number of azo groups is 4. The molecule has 41 heteroatoms. The predicted octanol–water partition coefficient (Wildman–Crippen LogP) is 12.5. The lowest BCUT2D eigenvalue weighted by Crippen LogP contribution is -2.21. The summed E-state index contributed by atoms with van der Waals surface area (Å²) >= 11 is 0. The van der Waals surface area contributed by atoms with Crippen LogP contribution in [0.4, 0.5) is 61.7 Å². The minimum absolute atomic E-state index is 0.00368. The van der Waals surface area contributed by atoms with E-state index >= 15 is 0 Å². The molecular weight excluding hydrogens is 1430 g/mol. The molecule has 0 aliphatic rings. The fourth-order valence-corrected chi connectivity index (χ4v) is 12.9. The number of benzene rings is 8. The van der Waals surface area contributed by atoms with E-state index in [0.717, 1.165) is 12.1 Å². The van der Waals surface area contributed by atoms with Crippen LogP contribution in [-0.4, -0.2) is 137 Å². The van der Waals surface area contributed by atoms with Crippen LogP contribution in [0.25, 0.3) is 21.5 Å². The molecule has 0 saturated carbocycles. The van der Waals surface area contributed by atoms with Gasteiger partial charge in [-0.3, -0.25) is 27.3 Å². The number of ether oxygens (including phenoxy) is 6. The molecule has 0 aliphatic heterocycles. The van der Waals surface area contributed by atoms with Gasteiger partial charge in [-0.05, 0) is 109 Å². The molecule has 0 bridgehead atoms. The van der Waals surface area contributed by atoms with Gasteiger partial charge in [0.05, 0.1) is 97.1 Å². The summed E-state index contributed by atoms with van der Waals surface area (Å²) in [5.41, 5.74) is 1.49. The van der Waals surface area contributed by atoms with Crippen molar-refractivity contribution in [1.29, 1.82) is 0 Å². The highest BCUT2D eigenvalue weighted by molar-refractivity contribution is 7.87. The van der Waals surface area contributed by atoms with Crippen molar-refractivity contribution in [3.05, 3.63) is 120 Å². The Morgan fingerprint density at radius 3 is 1.10 bits per heavy atom. The molecule has 0 fully saturated rings. The molecule has 8 rings (SSSR count). The molecule has 8 aromatic carbocycles. The molecule has 0 atom stereocenters. The fourth-order valence-electron chi connectivity index (χ4n) is 9.23. The molecule has 8 aromatic rings. The van der Waals surface area contributed by atoms with Crippen LogP contribution in [0.3, 0.4) is 0 Å². The molecular formula is C58H58N10O25S6. The van der Waals surface area contributed by atoms with Crippen LogP contribution in [0.5, 0.6) is 34.5 Å². The van der Waals surface area contributed by atoms with E-state index in [0.29, 0.717) is 23.3 Å². The second-order valence-corrected chi connectivity index (χ2v) is 29.5. The van der Waals surface area contributed by atoms with Crippen molar-refractivity contribution in [3.8, 4) is 34.5 Å². The van der Waals surface area contributed by atoms with Crippen LogP contribution in [0.1, 0.15) is 30.9 Å². The van der Waals surface area contributed by atoms with Gasteiger partial charge in [0.15, 0.2) is 0 Å². The number of hydrogen-bond acceptors (Lipinski definition) is 27. The summed E-state index contributed by atoms with van der Waals surface area (Å²) in [5.74, 6) is -1.24. The van der Waals surface area contributed by atoms with Crippen molar-refractivity contribution in [2.75, 3.05) is 63.8 Å². The van der Waals surface area contributed by atoms with Gasteiger partial charge in [0.1, 0.15) is 67.0 Å². The van der Waals surface area contributed by atoms with Crippen molar-refractivity contribution < 1.29 is 111 Å². The molecule has 0 heterocycles. The van der Waals surface area contributed by atoms with Gasteiger partial charge in [0, 0.05) is 47.2 Å². The van der Waals surface area contributed by atoms with Crippen LogP contribution in [0.15, 0.2) is 170 Å². The fraction of sp³-hybridized carbons (Fsp3) is 0.224. The summed E-state index contributed by atoms with van der Waals surface area (Å²) in [6.07, 6.45) is -0.172. The molecule has 2 amide bonds. The zero-order valence-electron chi connectivity index (χ0n) is 52.3. The number of carbonyl (C=O) groups excluding carboxylic acids is 1. The van der Waals surface area contributed by atoms with Crippen molar-refractivity contribution in [2.45, 2.75) is 52.7 Å². The number of hydrogen-bond donors (Lipinski definition) is 8. The Morgan fingerprint density at radius 2 is 0.747 bits per heavy atom. The van der Waals surface area contributed by atoms with E-state index < -0.39 is 97.8 Å². The summed E-state index contributed by atoms with van der Waals surface area (Å²) in [4.78, 5) is 10.9. The van der Waals surface area contributed by atoms with Gasteiger partial charge in [-0.1, -0.05) is 19.1 Å².